The number of carbonyl (C=O) groups is 2. The molecule has 2 atom stereocenters. The molecule has 1 heterocycles. The Hall–Kier alpha value is -4.13. The Morgan fingerprint density at radius 1 is 0.938 bits per heavy atom. The standard InChI is InChI=1S/C25H23N3O4/c1-31-20-14-13-17(15-21(20)32-2)16-28-23(18-9-5-3-6-10-18)22(25(30)27-28)26-24(29)19-11-7-4-8-12-19/h3-16,22-23H,1-2H3,(H-,26,27,29,30)/p+1/b28-16-/t22-,23+/m1/s1. The molecule has 0 unspecified atom stereocenters. The number of hydrogen-bond acceptors (Lipinski definition) is 4. The van der Waals surface area contributed by atoms with Gasteiger partial charge in [-0.1, -0.05) is 48.5 Å². The Balaban J connectivity index is 1.70. The largest absolute Gasteiger partial charge is 0.493 e. The lowest BCUT2D eigenvalue weighted by molar-refractivity contribution is -0.596. The molecule has 3 aromatic carbocycles. The Bertz CT molecular complexity index is 1150. The van der Waals surface area contributed by atoms with Crippen molar-refractivity contribution in [3.63, 3.8) is 0 Å². The van der Waals surface area contributed by atoms with E-state index in [9.17, 15) is 9.59 Å². The summed E-state index contributed by atoms with van der Waals surface area (Å²) in [6.45, 7) is 0. The van der Waals surface area contributed by atoms with Crippen LogP contribution in [0.25, 0.3) is 0 Å². The van der Waals surface area contributed by atoms with Gasteiger partial charge in [-0.05, 0) is 30.3 Å². The first-order valence-corrected chi connectivity index (χ1v) is 10.2. The number of benzene rings is 3. The Morgan fingerprint density at radius 2 is 1.59 bits per heavy atom. The van der Waals surface area contributed by atoms with E-state index in [4.69, 9.17) is 9.47 Å². The van der Waals surface area contributed by atoms with Crippen LogP contribution in [-0.2, 0) is 4.79 Å². The minimum atomic E-state index is -0.776. The van der Waals surface area contributed by atoms with Crippen molar-refractivity contribution in [1.29, 1.82) is 0 Å². The predicted molar refractivity (Wildman–Crippen MR) is 120 cm³/mol. The van der Waals surface area contributed by atoms with E-state index in [1.54, 1.807) is 49.2 Å². The summed E-state index contributed by atoms with van der Waals surface area (Å²) in [7, 11) is 3.15. The van der Waals surface area contributed by atoms with Crippen molar-refractivity contribution in [1.82, 2.24) is 10.7 Å². The highest BCUT2D eigenvalue weighted by molar-refractivity contribution is 5.98. The van der Waals surface area contributed by atoms with Crippen molar-refractivity contribution in [3.05, 3.63) is 95.6 Å². The van der Waals surface area contributed by atoms with Gasteiger partial charge in [0, 0.05) is 16.7 Å². The van der Waals surface area contributed by atoms with E-state index in [-0.39, 0.29) is 11.8 Å². The molecule has 162 valence electrons. The SMILES string of the molecule is COc1ccc(/C=[N+]2\NC(=O)[C@H](NC(=O)c3ccccc3)[C@@H]2c2ccccc2)cc1OC. The topological polar surface area (TPSA) is 79.7 Å². The molecule has 1 aliphatic heterocycles. The summed E-state index contributed by atoms with van der Waals surface area (Å²) in [5.74, 6) is 0.596. The van der Waals surface area contributed by atoms with E-state index in [1.807, 2.05) is 54.7 Å². The van der Waals surface area contributed by atoms with Gasteiger partial charge in [0.15, 0.2) is 17.5 Å². The number of methoxy groups -OCH3 is 2. The van der Waals surface area contributed by atoms with E-state index in [1.165, 1.54) is 0 Å². The number of nitrogens with one attached hydrogen (secondary N) is 2. The van der Waals surface area contributed by atoms with E-state index in [0.29, 0.717) is 17.1 Å². The van der Waals surface area contributed by atoms with E-state index in [0.717, 1.165) is 11.1 Å². The maximum atomic E-state index is 12.9. The van der Waals surface area contributed by atoms with Crippen LogP contribution in [0.5, 0.6) is 11.5 Å². The third-order valence-electron chi connectivity index (χ3n) is 5.30. The van der Waals surface area contributed by atoms with Gasteiger partial charge in [-0.15, -0.1) is 10.1 Å². The van der Waals surface area contributed by atoms with Crippen molar-refractivity contribution in [2.24, 2.45) is 0 Å². The van der Waals surface area contributed by atoms with Crippen LogP contribution in [0.4, 0.5) is 0 Å². The van der Waals surface area contributed by atoms with Crippen LogP contribution in [0.15, 0.2) is 78.9 Å². The van der Waals surface area contributed by atoms with Crippen LogP contribution < -0.4 is 20.2 Å². The van der Waals surface area contributed by atoms with Gasteiger partial charge in [-0.2, -0.15) is 0 Å². The zero-order chi connectivity index (χ0) is 22.5. The van der Waals surface area contributed by atoms with Gasteiger partial charge in [0.05, 0.1) is 14.2 Å². The highest BCUT2D eigenvalue weighted by Gasteiger charge is 2.47. The maximum absolute atomic E-state index is 12.9. The van der Waals surface area contributed by atoms with Crippen LogP contribution >= 0.6 is 0 Å². The van der Waals surface area contributed by atoms with Gasteiger partial charge >= 0.3 is 5.91 Å². The van der Waals surface area contributed by atoms with Crippen LogP contribution in [0.3, 0.4) is 0 Å². The molecule has 0 aliphatic carbocycles. The Labute approximate surface area is 186 Å². The molecule has 4 rings (SSSR count). The van der Waals surface area contributed by atoms with Crippen LogP contribution in [0.2, 0.25) is 0 Å². The fourth-order valence-corrected chi connectivity index (χ4v) is 3.74. The van der Waals surface area contributed by atoms with Crippen molar-refractivity contribution in [2.75, 3.05) is 14.2 Å². The maximum Gasteiger partial charge on any atom is 0.304 e. The number of nitrogens with zero attached hydrogens (tertiary/aromatic N) is 1. The summed E-state index contributed by atoms with van der Waals surface area (Å²) < 4.78 is 12.4. The normalized spacial score (nSPS) is 18.8. The Kier molecular flexibility index (Phi) is 6.17. The molecule has 0 saturated carbocycles. The lowest BCUT2D eigenvalue weighted by atomic mass is 10.00. The predicted octanol–water partition coefficient (Wildman–Crippen LogP) is 2.72. The summed E-state index contributed by atoms with van der Waals surface area (Å²) in [6.07, 6.45) is 1.81. The molecule has 7 heteroatoms. The number of rotatable bonds is 6. The van der Waals surface area contributed by atoms with Crippen LogP contribution in [0.1, 0.15) is 27.5 Å². The first-order chi connectivity index (χ1) is 15.6. The molecule has 2 amide bonds. The fraction of sp³-hybridized carbons (Fsp3) is 0.160. The average Bonchev–Trinajstić information content (AvgIpc) is 3.14. The zero-order valence-electron chi connectivity index (χ0n) is 17.8. The Morgan fingerprint density at radius 3 is 2.25 bits per heavy atom. The van der Waals surface area contributed by atoms with Gasteiger partial charge in [-0.25, -0.2) is 0 Å². The molecule has 0 aromatic heterocycles. The molecule has 1 aliphatic rings. The number of hydrazone groups is 1. The van der Waals surface area contributed by atoms with Crippen molar-refractivity contribution < 1.29 is 23.7 Å². The summed E-state index contributed by atoms with van der Waals surface area (Å²) in [6, 6.07) is 22.7. The number of hydrazine groups is 1. The average molecular weight is 430 g/mol. The minimum Gasteiger partial charge on any atom is -0.493 e. The molecule has 7 nitrogen and oxygen atoms in total. The lowest BCUT2D eigenvalue weighted by Gasteiger charge is -2.14. The lowest BCUT2D eigenvalue weighted by Crippen LogP contribution is -2.42. The molecule has 2 N–H and O–H groups in total. The molecule has 1 saturated heterocycles. The second-order valence-electron chi connectivity index (χ2n) is 7.30. The second kappa shape index (κ2) is 9.34. The van der Waals surface area contributed by atoms with Crippen molar-refractivity contribution in [3.8, 4) is 11.5 Å². The summed E-state index contributed by atoms with van der Waals surface area (Å²) in [5, 5.41) is 2.89. The monoisotopic (exact) mass is 430 g/mol. The summed E-state index contributed by atoms with van der Waals surface area (Å²) in [4.78, 5) is 25.7. The quantitative estimate of drug-likeness (QED) is 0.590. The van der Waals surface area contributed by atoms with Gasteiger partial charge < -0.3 is 14.8 Å². The molecular weight excluding hydrogens is 406 g/mol. The third kappa shape index (κ3) is 4.32. The van der Waals surface area contributed by atoms with Gasteiger partial charge in [0.2, 0.25) is 12.3 Å². The van der Waals surface area contributed by atoms with Gasteiger partial charge in [0.25, 0.3) is 5.91 Å². The molecule has 0 spiro atoms. The molecule has 0 bridgehead atoms. The van der Waals surface area contributed by atoms with Gasteiger partial charge in [0.1, 0.15) is 0 Å². The molecule has 32 heavy (non-hydrogen) atoms. The number of hydrogen-bond donors (Lipinski definition) is 2. The zero-order valence-corrected chi connectivity index (χ0v) is 17.8. The smallest absolute Gasteiger partial charge is 0.304 e. The molecule has 0 radical (unpaired) electrons. The highest BCUT2D eigenvalue weighted by Crippen LogP contribution is 2.28. The van der Waals surface area contributed by atoms with E-state index < -0.39 is 12.1 Å². The number of carbonyl (C=O) groups excluding carboxylic acids is 2. The number of amides is 2. The fourth-order valence-electron chi connectivity index (χ4n) is 3.74. The van der Waals surface area contributed by atoms with Gasteiger partial charge in [-0.3, -0.25) is 9.59 Å². The summed E-state index contributed by atoms with van der Waals surface area (Å²) in [5.41, 5.74) is 5.07. The van der Waals surface area contributed by atoms with E-state index in [2.05, 4.69) is 10.7 Å². The van der Waals surface area contributed by atoms with Crippen molar-refractivity contribution >= 4 is 18.0 Å². The molecule has 3 aromatic rings. The first kappa shape index (κ1) is 21.1. The molecular formula is C25H24N3O4+. The van der Waals surface area contributed by atoms with Crippen LogP contribution in [0, 0.1) is 0 Å². The van der Waals surface area contributed by atoms with E-state index >= 15 is 0 Å². The van der Waals surface area contributed by atoms with Crippen molar-refractivity contribution in [2.45, 2.75) is 12.1 Å². The van der Waals surface area contributed by atoms with Crippen LogP contribution in [-0.4, -0.2) is 43.0 Å². The minimum absolute atomic E-state index is 0.292. The number of ether oxygens (including phenoxy) is 2. The summed E-state index contributed by atoms with van der Waals surface area (Å²) >= 11 is 0. The molecule has 1 fully saturated rings. The first-order valence-electron chi connectivity index (χ1n) is 10.2. The second-order valence-corrected chi connectivity index (χ2v) is 7.30. The highest BCUT2D eigenvalue weighted by atomic mass is 16.5. The third-order valence-corrected chi connectivity index (χ3v) is 5.30.